The number of imidazole rings is 1. The molecule has 0 atom stereocenters. The fraction of sp³-hybridized carbons (Fsp3) is 0.227. The number of hydrogen-bond acceptors (Lipinski definition) is 4. The fourth-order valence-electron chi connectivity index (χ4n) is 3.46. The summed E-state index contributed by atoms with van der Waals surface area (Å²) in [7, 11) is 0. The van der Waals surface area contributed by atoms with Crippen LogP contribution >= 0.6 is 0 Å². The first-order valence-corrected chi connectivity index (χ1v) is 9.43. The van der Waals surface area contributed by atoms with Crippen molar-refractivity contribution in [3.63, 3.8) is 0 Å². The molecule has 4 aromatic heterocycles. The quantitative estimate of drug-likeness (QED) is 0.537. The van der Waals surface area contributed by atoms with Crippen molar-refractivity contribution >= 4 is 5.65 Å². The predicted octanol–water partition coefficient (Wildman–Crippen LogP) is 3.65. The fourth-order valence-corrected chi connectivity index (χ4v) is 3.46. The lowest BCUT2D eigenvalue weighted by molar-refractivity contribution is 0.300. The molecule has 0 amide bonds. The maximum absolute atomic E-state index is 12.6. The largest absolute Gasteiger partial charge is 0.487 e. The van der Waals surface area contributed by atoms with Gasteiger partial charge in [0.1, 0.15) is 18.0 Å². The maximum Gasteiger partial charge on any atom is 0.258 e. The van der Waals surface area contributed by atoms with E-state index >= 15 is 0 Å². The Morgan fingerprint density at radius 1 is 1.18 bits per heavy atom. The topological polar surface area (TPSA) is 61.4 Å². The van der Waals surface area contributed by atoms with Crippen LogP contribution in [0.1, 0.15) is 35.8 Å². The number of aromatic nitrogens is 4. The van der Waals surface area contributed by atoms with Crippen LogP contribution in [0.25, 0.3) is 11.3 Å². The highest BCUT2D eigenvalue weighted by molar-refractivity contribution is 5.49. The molecule has 28 heavy (non-hydrogen) atoms. The zero-order valence-electron chi connectivity index (χ0n) is 15.6. The van der Waals surface area contributed by atoms with Gasteiger partial charge in [-0.3, -0.25) is 14.3 Å². The van der Waals surface area contributed by atoms with Gasteiger partial charge in [-0.2, -0.15) is 0 Å². The number of aryl methyl sites for hydroxylation is 1. The summed E-state index contributed by atoms with van der Waals surface area (Å²) < 4.78 is 9.38. The van der Waals surface area contributed by atoms with E-state index in [0.717, 1.165) is 22.7 Å². The first kappa shape index (κ1) is 16.7. The van der Waals surface area contributed by atoms with Crippen molar-refractivity contribution in [2.45, 2.75) is 32.3 Å². The lowest BCUT2D eigenvalue weighted by atomic mass is 10.2. The van der Waals surface area contributed by atoms with Crippen molar-refractivity contribution in [1.82, 2.24) is 18.9 Å². The van der Waals surface area contributed by atoms with Gasteiger partial charge in [-0.05, 0) is 50.1 Å². The summed E-state index contributed by atoms with van der Waals surface area (Å²) in [4.78, 5) is 21.6. The molecule has 0 aliphatic heterocycles. The van der Waals surface area contributed by atoms with Crippen LogP contribution in [0.15, 0.2) is 65.8 Å². The highest BCUT2D eigenvalue weighted by Gasteiger charge is 2.28. The summed E-state index contributed by atoms with van der Waals surface area (Å²) in [6.45, 7) is 2.42. The molecule has 140 valence electrons. The normalized spacial score (nSPS) is 13.8. The molecule has 1 aliphatic rings. The van der Waals surface area contributed by atoms with Crippen LogP contribution in [0.2, 0.25) is 0 Å². The highest BCUT2D eigenvalue weighted by Crippen LogP contribution is 2.41. The molecule has 6 heteroatoms. The van der Waals surface area contributed by atoms with E-state index in [4.69, 9.17) is 9.72 Å². The summed E-state index contributed by atoms with van der Waals surface area (Å²) in [6, 6.07) is 12.8. The van der Waals surface area contributed by atoms with Crippen LogP contribution in [0.3, 0.4) is 0 Å². The standard InChI is InChI=1S/C22H20N4O2/c1-15-22(16-5-6-16)24-20-8-7-18(13-26(15)20)25-11-9-19(12-21(25)27)28-14-17-4-2-3-10-23-17/h2-4,7-13,16H,5-6,14H2,1H3. The van der Waals surface area contributed by atoms with Gasteiger partial charge in [0.25, 0.3) is 5.56 Å². The molecule has 0 N–H and O–H groups in total. The summed E-state index contributed by atoms with van der Waals surface area (Å²) in [5.41, 5.74) is 4.74. The van der Waals surface area contributed by atoms with Gasteiger partial charge in [-0.15, -0.1) is 0 Å². The molecule has 0 spiro atoms. The molecular weight excluding hydrogens is 352 g/mol. The monoisotopic (exact) mass is 372 g/mol. The Hall–Kier alpha value is -3.41. The lowest BCUT2D eigenvalue weighted by Crippen LogP contribution is -2.17. The number of fused-ring (bicyclic) bond motifs is 1. The van der Waals surface area contributed by atoms with Gasteiger partial charge in [-0.1, -0.05) is 6.07 Å². The Balaban J connectivity index is 1.43. The van der Waals surface area contributed by atoms with Crippen molar-refractivity contribution < 1.29 is 4.74 Å². The molecule has 4 heterocycles. The van der Waals surface area contributed by atoms with Crippen molar-refractivity contribution in [1.29, 1.82) is 0 Å². The lowest BCUT2D eigenvalue weighted by Gasteiger charge is -2.09. The van der Waals surface area contributed by atoms with Gasteiger partial charge >= 0.3 is 0 Å². The van der Waals surface area contributed by atoms with Gasteiger partial charge in [0, 0.05) is 36.3 Å². The van der Waals surface area contributed by atoms with Gasteiger partial charge in [-0.25, -0.2) is 4.98 Å². The Morgan fingerprint density at radius 2 is 2.07 bits per heavy atom. The predicted molar refractivity (Wildman–Crippen MR) is 106 cm³/mol. The molecule has 0 bridgehead atoms. The third-order valence-electron chi connectivity index (χ3n) is 5.12. The van der Waals surface area contributed by atoms with Crippen LogP contribution in [-0.4, -0.2) is 18.9 Å². The second-order valence-corrected chi connectivity index (χ2v) is 7.15. The smallest absolute Gasteiger partial charge is 0.258 e. The molecule has 6 nitrogen and oxygen atoms in total. The van der Waals surface area contributed by atoms with E-state index < -0.39 is 0 Å². The number of nitrogens with zero attached hydrogens (tertiary/aromatic N) is 4. The Kier molecular flexibility index (Phi) is 3.97. The summed E-state index contributed by atoms with van der Waals surface area (Å²) in [5, 5.41) is 0. The molecular formula is C22H20N4O2. The second-order valence-electron chi connectivity index (χ2n) is 7.15. The van der Waals surface area contributed by atoms with Crippen LogP contribution < -0.4 is 10.3 Å². The molecule has 1 fully saturated rings. The number of rotatable bonds is 5. The molecule has 1 aliphatic carbocycles. The van der Waals surface area contributed by atoms with E-state index in [1.54, 1.807) is 23.0 Å². The summed E-state index contributed by atoms with van der Waals surface area (Å²) >= 11 is 0. The average Bonchev–Trinajstić information content (AvgIpc) is 3.51. The highest BCUT2D eigenvalue weighted by atomic mass is 16.5. The first-order valence-electron chi connectivity index (χ1n) is 9.43. The minimum absolute atomic E-state index is 0.141. The summed E-state index contributed by atoms with van der Waals surface area (Å²) in [5.74, 6) is 1.13. The van der Waals surface area contributed by atoms with Crippen molar-refractivity contribution in [3.05, 3.63) is 88.5 Å². The Bertz CT molecular complexity index is 1210. The third kappa shape index (κ3) is 3.07. The van der Waals surface area contributed by atoms with E-state index in [1.807, 2.05) is 36.5 Å². The maximum atomic E-state index is 12.6. The minimum atomic E-state index is -0.141. The van der Waals surface area contributed by atoms with Crippen molar-refractivity contribution in [2.75, 3.05) is 0 Å². The van der Waals surface area contributed by atoms with Gasteiger partial charge in [0.15, 0.2) is 0 Å². The van der Waals surface area contributed by atoms with E-state index in [2.05, 4.69) is 16.3 Å². The van der Waals surface area contributed by atoms with Gasteiger partial charge in [0.2, 0.25) is 0 Å². The van der Waals surface area contributed by atoms with Crippen LogP contribution in [0.5, 0.6) is 5.75 Å². The third-order valence-corrected chi connectivity index (χ3v) is 5.12. The average molecular weight is 372 g/mol. The van der Waals surface area contributed by atoms with Gasteiger partial charge < -0.3 is 9.14 Å². The molecule has 1 saturated carbocycles. The zero-order valence-corrected chi connectivity index (χ0v) is 15.6. The Morgan fingerprint density at radius 3 is 2.82 bits per heavy atom. The van der Waals surface area contributed by atoms with Crippen LogP contribution in [-0.2, 0) is 6.61 Å². The first-order chi connectivity index (χ1) is 13.7. The zero-order chi connectivity index (χ0) is 19.1. The molecule has 4 aromatic rings. The SMILES string of the molecule is Cc1c(C2CC2)nc2ccc(-n3ccc(OCc4ccccn4)cc3=O)cn12. The molecule has 5 rings (SSSR count). The molecule has 0 aromatic carbocycles. The summed E-state index contributed by atoms with van der Waals surface area (Å²) in [6.07, 6.45) is 7.87. The van der Waals surface area contributed by atoms with Crippen LogP contribution in [0.4, 0.5) is 0 Å². The van der Waals surface area contributed by atoms with E-state index in [-0.39, 0.29) is 5.56 Å². The van der Waals surface area contributed by atoms with E-state index in [9.17, 15) is 4.79 Å². The van der Waals surface area contributed by atoms with Crippen molar-refractivity contribution in [2.24, 2.45) is 0 Å². The second kappa shape index (κ2) is 6.64. The number of hydrogen-bond donors (Lipinski definition) is 0. The molecule has 0 unspecified atom stereocenters. The number of ether oxygens (including phenoxy) is 1. The van der Waals surface area contributed by atoms with Crippen molar-refractivity contribution in [3.8, 4) is 11.4 Å². The molecule has 0 saturated heterocycles. The van der Waals surface area contributed by atoms with Crippen LogP contribution in [0, 0.1) is 6.92 Å². The number of pyridine rings is 3. The van der Waals surface area contributed by atoms with E-state index in [1.165, 1.54) is 24.6 Å². The Labute approximate surface area is 162 Å². The van der Waals surface area contributed by atoms with E-state index in [0.29, 0.717) is 18.3 Å². The minimum Gasteiger partial charge on any atom is -0.487 e. The molecule has 0 radical (unpaired) electrons. The van der Waals surface area contributed by atoms with Gasteiger partial charge in [0.05, 0.1) is 17.1 Å².